The third-order valence-corrected chi connectivity index (χ3v) is 3.61. The highest BCUT2D eigenvalue weighted by molar-refractivity contribution is 7.89. The van der Waals surface area contributed by atoms with Crippen molar-refractivity contribution < 1.29 is 33.2 Å². The quantitative estimate of drug-likeness (QED) is 0.487. The molecule has 5 atom stereocenters. The Morgan fingerprint density at radius 2 is 2.17 bits per heavy atom. The van der Waals surface area contributed by atoms with Crippen molar-refractivity contribution in [2.24, 2.45) is 10.3 Å². The predicted molar refractivity (Wildman–Crippen MR) is 59.5 cm³/mol. The van der Waals surface area contributed by atoms with Gasteiger partial charge in [-0.2, -0.15) is 4.40 Å². The summed E-state index contributed by atoms with van der Waals surface area (Å²) in [7, 11) is -3.59. The molecule has 0 aromatic rings. The number of nitrogens with zero attached hydrogens (tertiary/aromatic N) is 1. The van der Waals surface area contributed by atoms with Gasteiger partial charge in [0.2, 0.25) is 10.0 Å². The van der Waals surface area contributed by atoms with Gasteiger partial charge in [-0.05, 0) is 0 Å². The van der Waals surface area contributed by atoms with Crippen molar-refractivity contribution in [3.05, 3.63) is 0 Å². The molecule has 2 heterocycles. The Kier molecular flexibility index (Phi) is 3.47. The van der Waals surface area contributed by atoms with E-state index in [-0.39, 0.29) is 6.61 Å². The molecule has 8 nitrogen and oxygen atoms in total. The van der Waals surface area contributed by atoms with E-state index in [4.69, 9.17) is 9.47 Å². The zero-order valence-electron chi connectivity index (χ0n) is 9.63. The first-order chi connectivity index (χ1) is 8.29. The van der Waals surface area contributed by atoms with Crippen molar-refractivity contribution >= 4 is 16.2 Å². The van der Waals surface area contributed by atoms with E-state index in [2.05, 4.69) is 4.40 Å². The number of hydrogen-bond acceptors (Lipinski definition) is 7. The maximum atomic E-state index is 10.9. The second kappa shape index (κ2) is 4.51. The van der Waals surface area contributed by atoms with E-state index in [1.807, 2.05) is 0 Å². The molecule has 104 valence electrons. The number of sulfonamides is 1. The van der Waals surface area contributed by atoms with Crippen LogP contribution in [0.5, 0.6) is 0 Å². The largest absolute Gasteiger partial charge is 0.393 e. The number of hydrogen-bond donors (Lipinski definition) is 3. The van der Waals surface area contributed by atoms with Gasteiger partial charge in [0.05, 0.1) is 31.5 Å². The number of fused-ring (bicyclic) bond motifs is 2. The average Bonchev–Trinajstić information content (AvgIpc) is 2.68. The van der Waals surface area contributed by atoms with Crippen LogP contribution in [0, 0.1) is 5.92 Å². The minimum Gasteiger partial charge on any atom is -0.393 e. The monoisotopic (exact) mass is 281 g/mol. The third kappa shape index (κ3) is 2.29. The fraction of sp³-hybridized carbons (Fsp3) is 0.889. The van der Waals surface area contributed by atoms with Crippen LogP contribution in [0.25, 0.3) is 0 Å². The van der Waals surface area contributed by atoms with Crippen LogP contribution in [0.2, 0.25) is 0 Å². The first-order valence-corrected chi connectivity index (χ1v) is 7.16. The summed E-state index contributed by atoms with van der Waals surface area (Å²) in [5.74, 6) is -0.906. The standard InChI is InChI=1S/C9H15NO7S/c1-18(14,15)10-2-5-6(12)7(13)9(3-11)4-16-8(5)17-9/h2,5-8,11-13H,3-4H2,1H3/t5?,6-,7-,8+,9+/m1/s1. The Labute approximate surface area is 104 Å². The second-order valence-corrected chi connectivity index (χ2v) is 6.20. The zero-order valence-corrected chi connectivity index (χ0v) is 10.4. The first kappa shape index (κ1) is 13.8. The lowest BCUT2D eigenvalue weighted by molar-refractivity contribution is -0.233. The smallest absolute Gasteiger partial charge is 0.249 e. The van der Waals surface area contributed by atoms with Gasteiger partial charge in [0, 0.05) is 6.21 Å². The number of aliphatic hydroxyl groups excluding tert-OH is 3. The van der Waals surface area contributed by atoms with E-state index < -0.39 is 46.6 Å². The lowest BCUT2D eigenvalue weighted by Crippen LogP contribution is -2.60. The zero-order chi connectivity index (χ0) is 13.6. The molecule has 9 heteroatoms. The van der Waals surface area contributed by atoms with Gasteiger partial charge < -0.3 is 24.8 Å². The van der Waals surface area contributed by atoms with E-state index in [1.165, 1.54) is 0 Å². The number of rotatable bonds is 3. The van der Waals surface area contributed by atoms with Gasteiger partial charge in [0.15, 0.2) is 6.29 Å². The summed E-state index contributed by atoms with van der Waals surface area (Å²) >= 11 is 0. The summed E-state index contributed by atoms with van der Waals surface area (Å²) in [6.07, 6.45) is -1.73. The molecular formula is C9H15NO7S. The van der Waals surface area contributed by atoms with Crippen molar-refractivity contribution in [1.29, 1.82) is 0 Å². The second-order valence-electron chi connectivity index (χ2n) is 4.52. The van der Waals surface area contributed by atoms with Crippen molar-refractivity contribution in [3.8, 4) is 0 Å². The van der Waals surface area contributed by atoms with Crippen LogP contribution in [-0.4, -0.2) is 73.5 Å². The van der Waals surface area contributed by atoms with E-state index in [9.17, 15) is 23.7 Å². The molecular weight excluding hydrogens is 266 g/mol. The fourth-order valence-corrected chi connectivity index (χ4v) is 2.43. The Morgan fingerprint density at radius 1 is 1.50 bits per heavy atom. The summed E-state index contributed by atoms with van der Waals surface area (Å²) in [6, 6.07) is 0. The van der Waals surface area contributed by atoms with Crippen LogP contribution >= 0.6 is 0 Å². The molecule has 0 aromatic carbocycles. The Bertz CT molecular complexity index is 450. The van der Waals surface area contributed by atoms with Crippen LogP contribution in [0.1, 0.15) is 0 Å². The molecule has 0 saturated carbocycles. The SMILES string of the molecule is CS(=O)(=O)N=CC1[C@H]2OC[C@](CO)(O2)[C@H](O)[C@@H]1O. The van der Waals surface area contributed by atoms with Gasteiger partial charge in [0.1, 0.15) is 11.7 Å². The molecule has 2 aliphatic rings. The molecule has 0 aromatic heterocycles. The van der Waals surface area contributed by atoms with Crippen LogP contribution in [0.4, 0.5) is 0 Å². The maximum Gasteiger partial charge on any atom is 0.249 e. The van der Waals surface area contributed by atoms with Gasteiger partial charge in [-0.3, -0.25) is 0 Å². The summed E-state index contributed by atoms with van der Waals surface area (Å²) in [6.45, 7) is -0.576. The molecule has 2 rings (SSSR count). The minimum atomic E-state index is -3.59. The van der Waals surface area contributed by atoms with Crippen molar-refractivity contribution in [1.82, 2.24) is 0 Å². The van der Waals surface area contributed by atoms with Crippen molar-refractivity contribution in [3.63, 3.8) is 0 Å². The number of aliphatic hydroxyl groups is 3. The van der Waals surface area contributed by atoms with Crippen LogP contribution < -0.4 is 0 Å². The Hall–Kier alpha value is -0.580. The van der Waals surface area contributed by atoms with E-state index >= 15 is 0 Å². The third-order valence-electron chi connectivity index (χ3n) is 3.11. The molecule has 1 unspecified atom stereocenters. The molecule has 2 saturated heterocycles. The van der Waals surface area contributed by atoms with E-state index in [0.29, 0.717) is 0 Å². The highest BCUT2D eigenvalue weighted by Crippen LogP contribution is 2.39. The van der Waals surface area contributed by atoms with Crippen LogP contribution in [-0.2, 0) is 19.5 Å². The molecule has 3 N–H and O–H groups in total. The Balaban J connectivity index is 2.23. The highest BCUT2D eigenvalue weighted by atomic mass is 32.2. The van der Waals surface area contributed by atoms with E-state index in [0.717, 1.165) is 12.5 Å². The van der Waals surface area contributed by atoms with Crippen LogP contribution in [0.3, 0.4) is 0 Å². The topological polar surface area (TPSA) is 126 Å². The molecule has 0 amide bonds. The van der Waals surface area contributed by atoms with Gasteiger partial charge in [-0.25, -0.2) is 8.42 Å². The van der Waals surface area contributed by atoms with Gasteiger partial charge >= 0.3 is 0 Å². The lowest BCUT2D eigenvalue weighted by Gasteiger charge is -2.40. The summed E-state index contributed by atoms with van der Waals surface area (Å²) in [5.41, 5.74) is -1.35. The molecule has 2 fully saturated rings. The molecule has 2 aliphatic heterocycles. The fourth-order valence-electron chi connectivity index (χ4n) is 2.07. The minimum absolute atomic E-state index is 0.0738. The van der Waals surface area contributed by atoms with Crippen molar-refractivity contribution in [2.75, 3.05) is 19.5 Å². The normalized spacial score (nSPS) is 44.7. The van der Waals surface area contributed by atoms with Gasteiger partial charge in [-0.1, -0.05) is 0 Å². The van der Waals surface area contributed by atoms with E-state index in [1.54, 1.807) is 0 Å². The average molecular weight is 281 g/mol. The summed E-state index contributed by atoms with van der Waals surface area (Å²) in [5, 5.41) is 29.0. The van der Waals surface area contributed by atoms with Gasteiger partial charge in [0.25, 0.3) is 0 Å². The summed E-state index contributed by atoms with van der Waals surface area (Å²) in [4.78, 5) is 0. The Morgan fingerprint density at radius 3 is 2.72 bits per heavy atom. The first-order valence-electron chi connectivity index (χ1n) is 5.31. The number of ether oxygens (including phenoxy) is 2. The molecule has 18 heavy (non-hydrogen) atoms. The highest BCUT2D eigenvalue weighted by Gasteiger charge is 2.58. The van der Waals surface area contributed by atoms with Gasteiger partial charge in [-0.15, -0.1) is 0 Å². The summed E-state index contributed by atoms with van der Waals surface area (Å²) < 4.78 is 35.7. The molecule has 0 aliphatic carbocycles. The molecule has 0 spiro atoms. The lowest BCUT2D eigenvalue weighted by atomic mass is 9.85. The molecule has 2 bridgehead atoms. The predicted octanol–water partition coefficient (Wildman–Crippen LogP) is -2.53. The van der Waals surface area contributed by atoms with Crippen LogP contribution in [0.15, 0.2) is 4.40 Å². The maximum absolute atomic E-state index is 10.9. The molecule has 0 radical (unpaired) electrons. The van der Waals surface area contributed by atoms with Crippen molar-refractivity contribution in [2.45, 2.75) is 24.1 Å².